The second kappa shape index (κ2) is 10.6. The third-order valence-corrected chi connectivity index (χ3v) is 3.18. The Morgan fingerprint density at radius 2 is 2.00 bits per heavy atom. The molecule has 6 nitrogen and oxygen atoms in total. The summed E-state index contributed by atoms with van der Waals surface area (Å²) in [6.07, 6.45) is 1.78. The Kier molecular flexibility index (Phi) is 8.67. The first-order valence-corrected chi connectivity index (χ1v) is 7.41. The number of ether oxygens (including phenoxy) is 1. The van der Waals surface area contributed by atoms with E-state index in [0.29, 0.717) is 26.0 Å². The summed E-state index contributed by atoms with van der Waals surface area (Å²) in [4.78, 5) is 22.6. The Labute approximate surface area is 130 Å². The minimum absolute atomic E-state index is 0.0292. The van der Waals surface area contributed by atoms with Gasteiger partial charge in [0.2, 0.25) is 0 Å². The standard InChI is InChI=1S/C16H24N2O4/c1-22-11-5-10-17-16(21)18-14(8-9-15(19)20)12-13-6-3-2-4-7-13/h2-4,6-7,14H,5,8-12H2,1H3,(H,19,20)(H2,17,18,21). The van der Waals surface area contributed by atoms with E-state index in [1.165, 1.54) is 0 Å². The van der Waals surface area contributed by atoms with Crippen LogP contribution in [0.1, 0.15) is 24.8 Å². The number of aliphatic carboxylic acids is 1. The van der Waals surface area contributed by atoms with Gasteiger partial charge in [-0.15, -0.1) is 0 Å². The summed E-state index contributed by atoms with van der Waals surface area (Å²) >= 11 is 0. The van der Waals surface area contributed by atoms with Crippen LogP contribution in [-0.4, -0.2) is 43.4 Å². The summed E-state index contributed by atoms with van der Waals surface area (Å²) in [7, 11) is 1.61. The van der Waals surface area contributed by atoms with Gasteiger partial charge in [-0.3, -0.25) is 4.79 Å². The van der Waals surface area contributed by atoms with Gasteiger partial charge < -0.3 is 20.5 Å². The maximum absolute atomic E-state index is 11.8. The summed E-state index contributed by atoms with van der Waals surface area (Å²) in [5.74, 6) is -0.861. The Bertz CT molecular complexity index is 451. The summed E-state index contributed by atoms with van der Waals surface area (Å²) in [5.41, 5.74) is 1.07. The predicted molar refractivity (Wildman–Crippen MR) is 83.8 cm³/mol. The molecule has 1 atom stereocenters. The van der Waals surface area contributed by atoms with Crippen LogP contribution in [0, 0.1) is 0 Å². The van der Waals surface area contributed by atoms with Crippen LogP contribution in [0.25, 0.3) is 0 Å². The number of carbonyl (C=O) groups excluding carboxylic acids is 1. The summed E-state index contributed by atoms with van der Waals surface area (Å²) < 4.78 is 4.91. The van der Waals surface area contributed by atoms with Gasteiger partial charge in [-0.05, 0) is 24.8 Å². The minimum Gasteiger partial charge on any atom is -0.481 e. The molecule has 0 aliphatic rings. The zero-order valence-electron chi connectivity index (χ0n) is 12.9. The number of amides is 2. The first kappa shape index (κ1) is 18.0. The summed E-state index contributed by atoms with van der Waals surface area (Å²) in [5, 5.41) is 14.4. The lowest BCUT2D eigenvalue weighted by Gasteiger charge is -2.18. The van der Waals surface area contributed by atoms with E-state index in [0.717, 1.165) is 12.0 Å². The Morgan fingerprint density at radius 1 is 1.27 bits per heavy atom. The summed E-state index contributed by atoms with van der Waals surface area (Å²) in [6, 6.07) is 9.22. The van der Waals surface area contributed by atoms with E-state index in [1.54, 1.807) is 7.11 Å². The largest absolute Gasteiger partial charge is 0.481 e. The molecule has 1 unspecified atom stereocenters. The molecule has 2 amide bonds. The Morgan fingerprint density at radius 3 is 2.64 bits per heavy atom. The molecule has 0 bridgehead atoms. The van der Waals surface area contributed by atoms with E-state index >= 15 is 0 Å². The van der Waals surface area contributed by atoms with Gasteiger partial charge in [-0.1, -0.05) is 30.3 Å². The summed E-state index contributed by atoms with van der Waals surface area (Å²) in [6.45, 7) is 1.11. The smallest absolute Gasteiger partial charge is 0.315 e. The lowest BCUT2D eigenvalue weighted by Crippen LogP contribution is -2.43. The lowest BCUT2D eigenvalue weighted by atomic mass is 10.0. The van der Waals surface area contributed by atoms with Gasteiger partial charge in [0.25, 0.3) is 0 Å². The fourth-order valence-electron chi connectivity index (χ4n) is 2.08. The Hall–Kier alpha value is -2.08. The number of carboxylic acid groups (broad SMARTS) is 1. The average molecular weight is 308 g/mol. The monoisotopic (exact) mass is 308 g/mol. The van der Waals surface area contributed by atoms with Gasteiger partial charge in [0, 0.05) is 32.7 Å². The van der Waals surface area contributed by atoms with Crippen molar-refractivity contribution in [1.82, 2.24) is 10.6 Å². The number of hydrogen-bond donors (Lipinski definition) is 3. The van der Waals surface area contributed by atoms with Crippen LogP contribution in [0.4, 0.5) is 4.79 Å². The van der Waals surface area contributed by atoms with E-state index in [-0.39, 0.29) is 18.5 Å². The van der Waals surface area contributed by atoms with Crippen LogP contribution in [-0.2, 0) is 16.0 Å². The van der Waals surface area contributed by atoms with Gasteiger partial charge in [0.05, 0.1) is 0 Å². The molecule has 1 aromatic carbocycles. The van der Waals surface area contributed by atoms with Crippen LogP contribution in [0.5, 0.6) is 0 Å². The van der Waals surface area contributed by atoms with Gasteiger partial charge in [0.1, 0.15) is 0 Å². The molecule has 6 heteroatoms. The molecule has 0 spiro atoms. The van der Waals surface area contributed by atoms with Crippen molar-refractivity contribution in [2.75, 3.05) is 20.3 Å². The van der Waals surface area contributed by atoms with E-state index in [1.807, 2.05) is 30.3 Å². The van der Waals surface area contributed by atoms with Gasteiger partial charge >= 0.3 is 12.0 Å². The maximum Gasteiger partial charge on any atom is 0.315 e. The highest BCUT2D eigenvalue weighted by Crippen LogP contribution is 2.08. The van der Waals surface area contributed by atoms with Crippen molar-refractivity contribution in [2.45, 2.75) is 31.7 Å². The van der Waals surface area contributed by atoms with Crippen molar-refractivity contribution in [3.05, 3.63) is 35.9 Å². The highest BCUT2D eigenvalue weighted by atomic mass is 16.5. The zero-order chi connectivity index (χ0) is 16.2. The minimum atomic E-state index is -0.861. The lowest BCUT2D eigenvalue weighted by molar-refractivity contribution is -0.137. The third-order valence-electron chi connectivity index (χ3n) is 3.18. The molecular formula is C16H24N2O4. The van der Waals surface area contributed by atoms with Crippen LogP contribution in [0.15, 0.2) is 30.3 Å². The van der Waals surface area contributed by atoms with Gasteiger partial charge in [0.15, 0.2) is 0 Å². The number of rotatable bonds is 10. The molecule has 22 heavy (non-hydrogen) atoms. The molecule has 0 saturated carbocycles. The number of urea groups is 1. The third kappa shape index (κ3) is 8.26. The van der Waals surface area contributed by atoms with E-state index in [2.05, 4.69) is 10.6 Å². The number of nitrogens with one attached hydrogen (secondary N) is 2. The maximum atomic E-state index is 11.8. The highest BCUT2D eigenvalue weighted by Gasteiger charge is 2.14. The van der Waals surface area contributed by atoms with E-state index in [4.69, 9.17) is 9.84 Å². The number of methoxy groups -OCH3 is 1. The van der Waals surface area contributed by atoms with Crippen molar-refractivity contribution >= 4 is 12.0 Å². The molecule has 0 aromatic heterocycles. The topological polar surface area (TPSA) is 87.7 Å². The number of benzene rings is 1. The van der Waals surface area contributed by atoms with Crippen LogP contribution in [0.3, 0.4) is 0 Å². The molecule has 1 rings (SSSR count). The molecule has 0 aliphatic carbocycles. The number of carboxylic acids is 1. The quantitative estimate of drug-likeness (QED) is 0.575. The normalized spacial score (nSPS) is 11.7. The molecule has 0 fully saturated rings. The number of carbonyl (C=O) groups is 2. The molecule has 122 valence electrons. The van der Waals surface area contributed by atoms with Gasteiger partial charge in [-0.2, -0.15) is 0 Å². The predicted octanol–water partition coefficient (Wildman–Crippen LogP) is 1.80. The van der Waals surface area contributed by atoms with Crippen molar-refractivity contribution in [3.63, 3.8) is 0 Å². The highest BCUT2D eigenvalue weighted by molar-refractivity contribution is 5.74. The van der Waals surface area contributed by atoms with Crippen molar-refractivity contribution in [3.8, 4) is 0 Å². The van der Waals surface area contributed by atoms with Crippen molar-refractivity contribution in [2.24, 2.45) is 0 Å². The molecule has 1 aromatic rings. The molecular weight excluding hydrogens is 284 g/mol. The fourth-order valence-corrected chi connectivity index (χ4v) is 2.08. The first-order valence-electron chi connectivity index (χ1n) is 7.41. The van der Waals surface area contributed by atoms with Crippen LogP contribution in [0.2, 0.25) is 0 Å². The molecule has 0 saturated heterocycles. The Balaban J connectivity index is 2.46. The molecule has 0 aliphatic heterocycles. The van der Waals surface area contributed by atoms with Crippen LogP contribution < -0.4 is 10.6 Å². The molecule has 3 N–H and O–H groups in total. The zero-order valence-corrected chi connectivity index (χ0v) is 12.9. The average Bonchev–Trinajstić information content (AvgIpc) is 2.50. The second-order valence-corrected chi connectivity index (χ2v) is 5.07. The van der Waals surface area contributed by atoms with Gasteiger partial charge in [-0.25, -0.2) is 4.79 Å². The SMILES string of the molecule is COCCCNC(=O)NC(CCC(=O)O)Cc1ccccc1. The van der Waals surface area contributed by atoms with Crippen molar-refractivity contribution in [1.29, 1.82) is 0 Å². The van der Waals surface area contributed by atoms with E-state index < -0.39 is 5.97 Å². The van der Waals surface area contributed by atoms with E-state index in [9.17, 15) is 9.59 Å². The second-order valence-electron chi connectivity index (χ2n) is 5.07. The fraction of sp³-hybridized carbons (Fsp3) is 0.500. The molecule has 0 radical (unpaired) electrons. The molecule has 0 heterocycles. The number of hydrogen-bond acceptors (Lipinski definition) is 3. The van der Waals surface area contributed by atoms with Crippen LogP contribution >= 0.6 is 0 Å². The first-order chi connectivity index (χ1) is 10.6. The van der Waals surface area contributed by atoms with Crippen molar-refractivity contribution < 1.29 is 19.4 Å².